The van der Waals surface area contributed by atoms with E-state index in [-0.39, 0.29) is 12.1 Å². The van der Waals surface area contributed by atoms with Gasteiger partial charge in [-0.05, 0) is 37.3 Å². The van der Waals surface area contributed by atoms with Crippen LogP contribution in [0.3, 0.4) is 0 Å². The Morgan fingerprint density at radius 2 is 1.90 bits per heavy atom. The molecule has 0 bridgehead atoms. The van der Waals surface area contributed by atoms with E-state index in [4.69, 9.17) is 10.1 Å². The summed E-state index contributed by atoms with van der Waals surface area (Å²) in [6.07, 6.45) is 4.16. The van der Waals surface area contributed by atoms with Crippen molar-refractivity contribution in [1.82, 2.24) is 10.3 Å². The van der Waals surface area contributed by atoms with Gasteiger partial charge in [0.15, 0.2) is 5.17 Å². The highest BCUT2D eigenvalue weighted by Gasteiger charge is 2.39. The van der Waals surface area contributed by atoms with Gasteiger partial charge in [0, 0.05) is 16.9 Å². The maximum atomic E-state index is 13.2. The highest BCUT2D eigenvalue weighted by atomic mass is 32.2. The van der Waals surface area contributed by atoms with Gasteiger partial charge < -0.3 is 0 Å². The molecule has 6 heteroatoms. The predicted octanol–water partition coefficient (Wildman–Crippen LogP) is 3.38. The summed E-state index contributed by atoms with van der Waals surface area (Å²) in [6.45, 7) is 4.48. The van der Waals surface area contributed by atoms with Crippen molar-refractivity contribution in [3.05, 3.63) is 82.4 Å². The van der Waals surface area contributed by atoms with Crippen LogP contribution in [-0.2, 0) is 10.5 Å². The summed E-state index contributed by atoms with van der Waals surface area (Å²) in [5, 5.41) is 12.2. The lowest BCUT2D eigenvalue weighted by Crippen LogP contribution is -2.55. The van der Waals surface area contributed by atoms with Gasteiger partial charge in [-0.3, -0.25) is 15.1 Å². The average Bonchev–Trinajstić information content (AvgIpc) is 2.78. The summed E-state index contributed by atoms with van der Waals surface area (Å²) < 4.78 is 0. The van der Waals surface area contributed by atoms with Crippen LogP contribution in [0.2, 0.25) is 0 Å². The van der Waals surface area contributed by atoms with E-state index in [0.29, 0.717) is 22.7 Å². The number of benzene rings is 2. The molecule has 0 fully saturated rings. The third kappa shape index (κ3) is 3.92. The topological polar surface area (TPSA) is 57.1 Å². The normalized spacial score (nSPS) is 25.0. The van der Waals surface area contributed by atoms with E-state index in [0.717, 1.165) is 29.2 Å². The molecule has 0 radical (unpaired) electrons. The molecule has 0 saturated heterocycles. The first-order valence-electron chi connectivity index (χ1n) is 10.8. The number of rotatable bonds is 3. The molecule has 2 aromatic rings. The minimum atomic E-state index is -0.178. The molecule has 2 aromatic carbocycles. The van der Waals surface area contributed by atoms with Crippen molar-refractivity contribution >= 4 is 28.5 Å². The monoisotopic (exact) mass is 430 g/mol. The third-order valence-corrected chi connectivity index (χ3v) is 7.19. The van der Waals surface area contributed by atoms with E-state index >= 15 is 0 Å². The van der Waals surface area contributed by atoms with E-state index in [2.05, 4.69) is 37.4 Å². The lowest BCUT2D eigenvalue weighted by molar-refractivity contribution is -0.116. The molecule has 0 saturated carbocycles. The van der Waals surface area contributed by atoms with Crippen LogP contribution in [0.4, 0.5) is 0 Å². The Kier molecular flexibility index (Phi) is 5.40. The Bertz CT molecular complexity index is 1190. The molecular weight excluding hydrogens is 404 g/mol. The maximum Gasteiger partial charge on any atom is 0.276 e. The number of hydrogen-bond acceptors (Lipinski definition) is 5. The third-order valence-electron chi connectivity index (χ3n) is 6.26. The van der Waals surface area contributed by atoms with Crippen LogP contribution in [0.5, 0.6) is 0 Å². The van der Waals surface area contributed by atoms with Crippen LogP contribution in [-0.4, -0.2) is 22.2 Å². The van der Waals surface area contributed by atoms with Crippen LogP contribution >= 0.6 is 11.8 Å². The second-order valence-corrected chi connectivity index (χ2v) is 9.48. The Balaban J connectivity index is 1.53. The fraction of sp³-hybridized carbons (Fsp3) is 0.320. The molecule has 1 amide bonds. The van der Waals surface area contributed by atoms with Gasteiger partial charge in [0.2, 0.25) is 0 Å². The Morgan fingerprint density at radius 3 is 2.71 bits per heavy atom. The lowest BCUT2D eigenvalue weighted by Gasteiger charge is -2.40. The molecule has 5 nitrogen and oxygen atoms in total. The highest BCUT2D eigenvalue weighted by molar-refractivity contribution is 8.13. The van der Waals surface area contributed by atoms with Crippen LogP contribution in [0.25, 0.3) is 5.70 Å². The summed E-state index contributed by atoms with van der Waals surface area (Å²) in [5.74, 6) is 1.43. The van der Waals surface area contributed by atoms with E-state index in [9.17, 15) is 4.79 Å². The minimum absolute atomic E-state index is 0.104. The Hall–Kier alpha value is -2.86. The first-order valence-corrected chi connectivity index (χ1v) is 11.8. The standard InChI is InChI=1S/C25H26N4OS/c1-16-12-13-19(17(2)14-16)23-26-21-11-7-6-10-20(21)22-24(30)27-25(28-29(22)23)31-15-18-8-4-3-5-9-18/h3-12,17,19,23H,13-15H2,1-2H3,(H,27,28,30)/t17-,19+,23+/m1/s1. The van der Waals surface area contributed by atoms with Crippen LogP contribution in [0.1, 0.15) is 32.3 Å². The number of amidine groups is 1. The van der Waals surface area contributed by atoms with E-state index in [1.165, 1.54) is 11.1 Å². The van der Waals surface area contributed by atoms with Gasteiger partial charge in [-0.2, -0.15) is 0 Å². The average molecular weight is 431 g/mol. The molecule has 3 aliphatic rings. The van der Waals surface area contributed by atoms with Crippen molar-refractivity contribution in [2.45, 2.75) is 38.6 Å². The van der Waals surface area contributed by atoms with Crippen molar-refractivity contribution in [3.8, 4) is 0 Å². The van der Waals surface area contributed by atoms with Crippen LogP contribution in [0, 0.1) is 11.8 Å². The number of fused-ring (bicyclic) bond motifs is 2. The van der Waals surface area contributed by atoms with E-state index in [1.54, 1.807) is 11.8 Å². The SMILES string of the molecule is CC1=CC[C@H]([C@H]2N=c3ccccc3=C3C(=O)NC(SCc4ccccc4)=NN32)[C@H](C)C1. The number of hydrazone groups is 1. The van der Waals surface area contributed by atoms with E-state index in [1.807, 2.05) is 47.5 Å². The lowest BCUT2D eigenvalue weighted by atomic mass is 9.79. The zero-order valence-corrected chi connectivity index (χ0v) is 18.6. The van der Waals surface area contributed by atoms with Gasteiger partial charge in [-0.1, -0.05) is 78.9 Å². The minimum Gasteiger partial charge on any atom is -0.298 e. The number of nitrogens with one attached hydrogen (secondary N) is 1. The number of carbonyl (C=O) groups excluding carboxylic acids is 1. The largest absolute Gasteiger partial charge is 0.298 e. The maximum absolute atomic E-state index is 13.2. The zero-order valence-electron chi connectivity index (χ0n) is 17.8. The van der Waals surface area contributed by atoms with Gasteiger partial charge in [-0.25, -0.2) is 5.01 Å². The van der Waals surface area contributed by atoms with E-state index < -0.39 is 0 Å². The number of thioether (sulfide) groups is 1. The summed E-state index contributed by atoms with van der Waals surface area (Å²) in [4.78, 5) is 18.3. The van der Waals surface area contributed by atoms with Gasteiger partial charge in [0.1, 0.15) is 11.9 Å². The number of hydrogen-bond donors (Lipinski definition) is 1. The van der Waals surface area contributed by atoms with Gasteiger partial charge in [0.05, 0.1) is 5.36 Å². The van der Waals surface area contributed by atoms with Crippen molar-refractivity contribution in [1.29, 1.82) is 0 Å². The molecular formula is C25H26N4OS. The molecule has 3 atom stereocenters. The molecule has 5 rings (SSSR count). The molecule has 2 aliphatic heterocycles. The van der Waals surface area contributed by atoms with Crippen molar-refractivity contribution in [2.75, 3.05) is 0 Å². The molecule has 0 unspecified atom stereocenters. The highest BCUT2D eigenvalue weighted by Crippen LogP contribution is 2.36. The molecule has 1 aliphatic carbocycles. The van der Waals surface area contributed by atoms with Crippen molar-refractivity contribution < 1.29 is 4.79 Å². The molecule has 0 aromatic heterocycles. The summed E-state index contributed by atoms with van der Waals surface area (Å²) in [5.41, 5.74) is 3.24. The number of para-hydroxylation sites is 1. The van der Waals surface area contributed by atoms with Gasteiger partial charge in [0.25, 0.3) is 5.91 Å². The molecule has 0 spiro atoms. The number of amides is 1. The first kappa shape index (κ1) is 20.1. The summed E-state index contributed by atoms with van der Waals surface area (Å²) >= 11 is 1.55. The smallest absolute Gasteiger partial charge is 0.276 e. The zero-order chi connectivity index (χ0) is 21.4. The number of allylic oxidation sites excluding steroid dienone is 2. The first-order chi connectivity index (χ1) is 15.1. The summed E-state index contributed by atoms with van der Waals surface area (Å²) in [6, 6.07) is 18.1. The molecule has 2 heterocycles. The van der Waals surface area contributed by atoms with Crippen molar-refractivity contribution in [3.63, 3.8) is 0 Å². The fourth-order valence-corrected chi connectivity index (χ4v) is 5.46. The fourth-order valence-electron chi connectivity index (χ4n) is 4.65. The molecule has 1 N–H and O–H groups in total. The van der Waals surface area contributed by atoms with Crippen LogP contribution in [0.15, 0.2) is 76.3 Å². The number of carbonyl (C=O) groups is 1. The second kappa shape index (κ2) is 8.35. The van der Waals surface area contributed by atoms with Gasteiger partial charge >= 0.3 is 0 Å². The second-order valence-electron chi connectivity index (χ2n) is 8.52. The summed E-state index contributed by atoms with van der Waals surface area (Å²) in [7, 11) is 0. The Morgan fingerprint density at radius 1 is 1.13 bits per heavy atom. The quantitative estimate of drug-likeness (QED) is 0.760. The van der Waals surface area contributed by atoms with Crippen molar-refractivity contribution in [2.24, 2.45) is 21.9 Å². The predicted molar refractivity (Wildman–Crippen MR) is 125 cm³/mol. The van der Waals surface area contributed by atoms with Gasteiger partial charge in [-0.15, -0.1) is 5.10 Å². The molecule has 158 valence electrons. The number of nitrogens with zero attached hydrogens (tertiary/aromatic N) is 3. The molecule has 31 heavy (non-hydrogen) atoms. The van der Waals surface area contributed by atoms with Crippen LogP contribution < -0.4 is 15.9 Å². The Labute approximate surface area is 186 Å².